The second-order valence-corrected chi connectivity index (χ2v) is 7.03. The Bertz CT molecular complexity index is 884. The quantitative estimate of drug-likeness (QED) is 0.445. The molecule has 0 amide bonds. The monoisotopic (exact) mass is 405 g/mol. The van der Waals surface area contributed by atoms with Gasteiger partial charge in [0.1, 0.15) is 0 Å². The van der Waals surface area contributed by atoms with E-state index in [2.05, 4.69) is 15.0 Å². The third kappa shape index (κ3) is 4.23. The Hall–Kier alpha value is -2.71. The van der Waals surface area contributed by atoms with Crippen LogP contribution in [0.2, 0.25) is 5.02 Å². The highest BCUT2D eigenvalue weighted by atomic mass is 35.5. The number of nitrogens with zero attached hydrogens (tertiary/aromatic N) is 2. The van der Waals surface area contributed by atoms with Crippen molar-refractivity contribution in [2.75, 3.05) is 32.2 Å². The number of methoxy groups -OCH3 is 1. The predicted molar refractivity (Wildman–Crippen MR) is 104 cm³/mol. The van der Waals surface area contributed by atoms with Gasteiger partial charge in [0.25, 0.3) is 0 Å². The fraction of sp³-hybridized carbons (Fsp3) is 0.368. The maximum Gasteiger partial charge on any atom is 0.339 e. The van der Waals surface area contributed by atoms with E-state index < -0.39 is 10.9 Å². The van der Waals surface area contributed by atoms with E-state index in [0.717, 1.165) is 24.5 Å². The second-order valence-electron chi connectivity index (χ2n) is 6.60. The zero-order valence-electron chi connectivity index (χ0n) is 15.3. The summed E-state index contributed by atoms with van der Waals surface area (Å²) in [6, 6.07) is 8.78. The number of hydrogen-bond donors (Lipinski definition) is 1. The molecule has 0 atom stereocenters. The average Bonchev–Trinajstić information content (AvgIpc) is 2.72. The minimum Gasteiger partial charge on any atom is -0.465 e. The summed E-state index contributed by atoms with van der Waals surface area (Å²) in [6.45, 7) is 1.60. The highest BCUT2D eigenvalue weighted by molar-refractivity contribution is 6.30. The largest absolute Gasteiger partial charge is 0.465 e. The van der Waals surface area contributed by atoms with Crippen molar-refractivity contribution in [2.24, 2.45) is 0 Å². The molecule has 0 aliphatic carbocycles. The molecule has 3 rings (SSSR count). The topological polar surface area (TPSA) is 104 Å². The molecular weight excluding hydrogens is 386 g/mol. The fourth-order valence-electron chi connectivity index (χ4n) is 3.36. The first-order valence-corrected chi connectivity index (χ1v) is 9.13. The van der Waals surface area contributed by atoms with Gasteiger partial charge in [-0.05, 0) is 30.5 Å². The van der Waals surface area contributed by atoms with E-state index in [9.17, 15) is 14.9 Å². The van der Waals surface area contributed by atoms with Gasteiger partial charge in [0.15, 0.2) is 0 Å². The highest BCUT2D eigenvalue weighted by Crippen LogP contribution is 2.37. The van der Waals surface area contributed by atoms with Gasteiger partial charge in [-0.1, -0.05) is 23.7 Å². The van der Waals surface area contributed by atoms with E-state index in [1.165, 1.54) is 13.3 Å². The number of pyridine rings is 1. The summed E-state index contributed by atoms with van der Waals surface area (Å²) in [5, 5.41) is 15.2. The number of rotatable bonds is 6. The summed E-state index contributed by atoms with van der Waals surface area (Å²) in [6.07, 6.45) is 2.75. The lowest BCUT2D eigenvalue weighted by atomic mass is 9.74. The first-order valence-electron chi connectivity index (χ1n) is 8.75. The van der Waals surface area contributed by atoms with Crippen molar-refractivity contribution in [3.05, 3.63) is 62.8 Å². The summed E-state index contributed by atoms with van der Waals surface area (Å²) >= 11 is 6.17. The number of nitro groups is 1. The maximum absolute atomic E-state index is 11.6. The smallest absolute Gasteiger partial charge is 0.339 e. The minimum absolute atomic E-state index is 0.0235. The van der Waals surface area contributed by atoms with Crippen LogP contribution in [-0.2, 0) is 14.9 Å². The third-order valence-electron chi connectivity index (χ3n) is 4.97. The minimum atomic E-state index is -0.679. The van der Waals surface area contributed by atoms with E-state index in [1.807, 2.05) is 24.3 Å². The first kappa shape index (κ1) is 20.0. The number of aromatic nitrogens is 1. The zero-order chi connectivity index (χ0) is 20.1. The van der Waals surface area contributed by atoms with Crippen molar-refractivity contribution in [1.82, 2.24) is 4.98 Å². The van der Waals surface area contributed by atoms with Gasteiger partial charge in [-0.25, -0.2) is 9.78 Å². The van der Waals surface area contributed by atoms with Crippen molar-refractivity contribution < 1.29 is 19.2 Å². The molecule has 148 valence electrons. The maximum atomic E-state index is 11.6. The molecule has 0 spiro atoms. The first-order chi connectivity index (χ1) is 13.4. The molecule has 1 fully saturated rings. The zero-order valence-corrected chi connectivity index (χ0v) is 16.1. The van der Waals surface area contributed by atoms with Gasteiger partial charge in [-0.3, -0.25) is 10.1 Å². The van der Waals surface area contributed by atoms with E-state index in [1.54, 1.807) is 0 Å². The Morgan fingerprint density at radius 2 is 2.14 bits per heavy atom. The molecule has 1 N–H and O–H groups in total. The third-order valence-corrected chi connectivity index (χ3v) is 5.20. The van der Waals surface area contributed by atoms with E-state index in [4.69, 9.17) is 16.3 Å². The normalized spacial score (nSPS) is 15.6. The van der Waals surface area contributed by atoms with E-state index in [-0.39, 0.29) is 22.5 Å². The number of ether oxygens (including phenoxy) is 2. The molecule has 8 nitrogen and oxygen atoms in total. The van der Waals surface area contributed by atoms with E-state index in [0.29, 0.717) is 24.8 Å². The molecule has 28 heavy (non-hydrogen) atoms. The molecule has 0 radical (unpaired) electrons. The Balaban J connectivity index is 1.89. The number of halogens is 1. The number of benzene rings is 1. The molecule has 0 unspecified atom stereocenters. The van der Waals surface area contributed by atoms with E-state index >= 15 is 0 Å². The van der Waals surface area contributed by atoms with Gasteiger partial charge < -0.3 is 14.8 Å². The summed E-state index contributed by atoms with van der Waals surface area (Å²) in [4.78, 5) is 26.6. The SMILES string of the molecule is COC(=O)c1cnc(NCC2(c3cccc(Cl)c3)CCOCC2)c([N+](=O)[O-])c1. The predicted octanol–water partition coefficient (Wildman–Crippen LogP) is 3.59. The van der Waals surface area contributed by atoms with Crippen LogP contribution in [0.15, 0.2) is 36.5 Å². The van der Waals surface area contributed by atoms with Crippen LogP contribution >= 0.6 is 11.6 Å². The number of esters is 1. The highest BCUT2D eigenvalue weighted by Gasteiger charge is 2.35. The Labute approximate surface area is 167 Å². The van der Waals surface area contributed by atoms with Gasteiger partial charge in [-0.2, -0.15) is 0 Å². The Morgan fingerprint density at radius 3 is 2.79 bits per heavy atom. The van der Waals surface area contributed by atoms with Crippen LogP contribution in [0.1, 0.15) is 28.8 Å². The molecule has 1 aliphatic rings. The summed E-state index contributed by atoms with van der Waals surface area (Å²) in [5.41, 5.74) is 0.496. The number of nitrogens with one attached hydrogen (secondary N) is 1. The number of hydrogen-bond acceptors (Lipinski definition) is 7. The van der Waals surface area contributed by atoms with Crippen LogP contribution in [0.3, 0.4) is 0 Å². The molecule has 2 heterocycles. The number of anilines is 1. The molecule has 1 aromatic carbocycles. The Morgan fingerprint density at radius 1 is 1.39 bits per heavy atom. The van der Waals surface area contributed by atoms with Crippen LogP contribution in [0.4, 0.5) is 11.5 Å². The molecule has 0 bridgehead atoms. The Kier molecular flexibility index (Phi) is 6.11. The number of carbonyl (C=O) groups excluding carboxylic acids is 1. The van der Waals surface area contributed by atoms with Gasteiger partial charge in [0, 0.05) is 42.5 Å². The molecule has 1 saturated heterocycles. The van der Waals surface area contributed by atoms with Crippen LogP contribution in [0.25, 0.3) is 0 Å². The summed E-state index contributed by atoms with van der Waals surface area (Å²) in [7, 11) is 1.21. The fourth-order valence-corrected chi connectivity index (χ4v) is 3.55. The van der Waals surface area contributed by atoms with Crippen LogP contribution < -0.4 is 5.32 Å². The lowest BCUT2D eigenvalue weighted by Crippen LogP contribution is -2.40. The van der Waals surface area contributed by atoms with Crippen molar-refractivity contribution >= 4 is 29.1 Å². The summed E-state index contributed by atoms with van der Waals surface area (Å²) in [5.74, 6) is -0.576. The van der Waals surface area contributed by atoms with Gasteiger partial charge in [0.05, 0.1) is 17.6 Å². The standard InChI is InChI=1S/C19H20ClN3O5/c1-27-18(24)13-9-16(23(25)26)17(21-11-13)22-12-19(5-7-28-8-6-19)14-3-2-4-15(20)10-14/h2-4,9-11H,5-8,12H2,1H3,(H,21,22). The lowest BCUT2D eigenvalue weighted by molar-refractivity contribution is -0.384. The summed E-state index contributed by atoms with van der Waals surface area (Å²) < 4.78 is 10.1. The molecular formula is C19H20ClN3O5. The van der Waals surface area contributed by atoms with Gasteiger partial charge in [0.2, 0.25) is 5.82 Å². The van der Waals surface area contributed by atoms with Crippen molar-refractivity contribution in [1.29, 1.82) is 0 Å². The van der Waals surface area contributed by atoms with Crippen molar-refractivity contribution in [2.45, 2.75) is 18.3 Å². The van der Waals surface area contributed by atoms with Crippen molar-refractivity contribution in [3.8, 4) is 0 Å². The molecule has 1 aromatic heterocycles. The van der Waals surface area contributed by atoms with Gasteiger partial charge >= 0.3 is 11.7 Å². The van der Waals surface area contributed by atoms with Crippen LogP contribution in [0.5, 0.6) is 0 Å². The molecule has 9 heteroatoms. The number of carbonyl (C=O) groups is 1. The second kappa shape index (κ2) is 8.53. The van der Waals surface area contributed by atoms with Crippen LogP contribution in [0, 0.1) is 10.1 Å². The molecule has 1 aliphatic heterocycles. The molecule has 0 saturated carbocycles. The lowest BCUT2D eigenvalue weighted by Gasteiger charge is -2.38. The molecule has 2 aromatic rings. The van der Waals surface area contributed by atoms with Gasteiger partial charge in [-0.15, -0.1) is 0 Å². The van der Waals surface area contributed by atoms with Crippen LogP contribution in [-0.4, -0.2) is 42.7 Å². The average molecular weight is 406 g/mol. The van der Waals surface area contributed by atoms with Crippen molar-refractivity contribution in [3.63, 3.8) is 0 Å².